The van der Waals surface area contributed by atoms with Crippen LogP contribution in [0.1, 0.15) is 27.0 Å². The molecule has 0 spiro atoms. The molecule has 2 aliphatic heterocycles. The molecule has 2 heterocycles. The number of aliphatic carboxylic acids is 1. The highest BCUT2D eigenvalue weighted by Gasteiger charge is 2.13. The van der Waals surface area contributed by atoms with Crippen LogP contribution in [0.15, 0.2) is 48.5 Å². The largest absolute Gasteiger partial charge is 0.481 e. The molecular formula is C33H53BrN6O4. The lowest BCUT2D eigenvalue weighted by atomic mass is 10.1. The highest BCUT2D eigenvalue weighted by Crippen LogP contribution is 2.10. The van der Waals surface area contributed by atoms with Crippen LogP contribution in [0.3, 0.4) is 0 Å². The smallest absolute Gasteiger partial charge is 0.335 e. The Balaban J connectivity index is 0.000000250. The third kappa shape index (κ3) is 16.6. The molecular weight excluding hydrogens is 624 g/mol. The van der Waals surface area contributed by atoms with Crippen molar-refractivity contribution in [3.63, 3.8) is 0 Å². The first-order valence-electron chi connectivity index (χ1n) is 15.4. The van der Waals surface area contributed by atoms with Crippen LogP contribution in [-0.4, -0.2) is 153 Å². The van der Waals surface area contributed by atoms with E-state index in [1.54, 1.807) is 12.1 Å². The van der Waals surface area contributed by atoms with Crippen LogP contribution in [0.5, 0.6) is 0 Å². The second kappa shape index (κ2) is 21.4. The van der Waals surface area contributed by atoms with Gasteiger partial charge in [-0.1, -0.05) is 52.3 Å². The van der Waals surface area contributed by atoms with Crippen LogP contribution < -0.4 is 5.32 Å². The summed E-state index contributed by atoms with van der Waals surface area (Å²) in [6.45, 7) is 14.3. The van der Waals surface area contributed by atoms with E-state index in [2.05, 4.69) is 73.9 Å². The second-order valence-electron chi connectivity index (χ2n) is 11.8. The highest BCUT2D eigenvalue weighted by atomic mass is 79.9. The number of rotatable bonds is 6. The topological polar surface area (TPSA) is 103 Å². The van der Waals surface area contributed by atoms with Crippen molar-refractivity contribution in [3.8, 4) is 0 Å². The number of hydrogen-bond acceptors (Lipinski definition) is 8. The zero-order chi connectivity index (χ0) is 32.3. The number of nitrogens with zero attached hydrogens (tertiary/aromatic N) is 5. The fraction of sp³-hybridized carbons (Fsp3) is 0.576. The van der Waals surface area contributed by atoms with Crippen LogP contribution in [0.2, 0.25) is 0 Å². The summed E-state index contributed by atoms with van der Waals surface area (Å²) in [5, 5.41) is 21.6. The SMILES string of the molecule is CN1CCN(C)CCN(Cc2ccc(C(=O)O)cc2)CC1.CN1CCNCCN(C)CC1.O=C(O)Cc1ccc(CBr)cc1. The van der Waals surface area contributed by atoms with Gasteiger partial charge < -0.3 is 35.1 Å². The maximum atomic E-state index is 10.9. The summed E-state index contributed by atoms with van der Waals surface area (Å²) in [4.78, 5) is 33.1. The minimum atomic E-state index is -0.868. The average molecular weight is 678 g/mol. The second-order valence-corrected chi connectivity index (χ2v) is 12.3. The van der Waals surface area contributed by atoms with Crippen molar-refractivity contribution in [2.75, 3.05) is 107 Å². The Labute approximate surface area is 272 Å². The summed E-state index contributed by atoms with van der Waals surface area (Å²) in [5.74, 6) is -1.66. The number of likely N-dealkylation sites (N-methyl/N-ethyl adjacent to an activating group) is 4. The molecule has 0 radical (unpaired) electrons. The summed E-state index contributed by atoms with van der Waals surface area (Å²) in [5.41, 5.74) is 3.52. The van der Waals surface area contributed by atoms with Gasteiger partial charge in [0.05, 0.1) is 12.0 Å². The van der Waals surface area contributed by atoms with E-state index in [1.165, 1.54) is 31.7 Å². The molecule has 0 aliphatic carbocycles. The molecule has 0 unspecified atom stereocenters. The molecule has 0 aromatic heterocycles. The maximum Gasteiger partial charge on any atom is 0.335 e. The van der Waals surface area contributed by atoms with Gasteiger partial charge in [-0.15, -0.1) is 0 Å². The fourth-order valence-corrected chi connectivity index (χ4v) is 4.99. The van der Waals surface area contributed by atoms with Crippen LogP contribution in [0.25, 0.3) is 0 Å². The van der Waals surface area contributed by atoms with Gasteiger partial charge in [-0.3, -0.25) is 9.69 Å². The molecule has 0 saturated carbocycles. The number of benzene rings is 2. The van der Waals surface area contributed by atoms with Crippen LogP contribution in [-0.2, 0) is 23.1 Å². The van der Waals surface area contributed by atoms with E-state index in [0.717, 1.165) is 75.4 Å². The van der Waals surface area contributed by atoms with Gasteiger partial charge in [-0.05, 0) is 57.0 Å². The van der Waals surface area contributed by atoms with Crippen LogP contribution in [0.4, 0.5) is 0 Å². The van der Waals surface area contributed by atoms with E-state index in [0.29, 0.717) is 5.56 Å². The van der Waals surface area contributed by atoms with Gasteiger partial charge in [0, 0.05) is 90.4 Å². The molecule has 3 N–H and O–H groups in total. The average Bonchev–Trinajstić information content (AvgIpc) is 3.14. The van der Waals surface area contributed by atoms with Gasteiger partial charge >= 0.3 is 11.9 Å². The maximum absolute atomic E-state index is 10.9. The molecule has 2 aromatic rings. The molecule has 0 bridgehead atoms. The molecule has 2 aliphatic rings. The van der Waals surface area contributed by atoms with Crippen molar-refractivity contribution >= 4 is 27.9 Å². The van der Waals surface area contributed by atoms with E-state index >= 15 is 0 Å². The Kier molecular flexibility index (Phi) is 18.4. The number of carboxylic acids is 2. The molecule has 44 heavy (non-hydrogen) atoms. The number of halogens is 1. The first kappa shape index (κ1) is 37.8. The van der Waals surface area contributed by atoms with Gasteiger partial charge in [0.1, 0.15) is 0 Å². The van der Waals surface area contributed by atoms with Gasteiger partial charge in [0.15, 0.2) is 0 Å². The predicted octanol–water partition coefficient (Wildman–Crippen LogP) is 2.73. The van der Waals surface area contributed by atoms with Crippen LogP contribution >= 0.6 is 15.9 Å². The monoisotopic (exact) mass is 676 g/mol. The van der Waals surface area contributed by atoms with E-state index in [-0.39, 0.29) is 6.42 Å². The van der Waals surface area contributed by atoms with Crippen molar-refractivity contribution in [1.29, 1.82) is 0 Å². The van der Waals surface area contributed by atoms with Crippen molar-refractivity contribution in [3.05, 3.63) is 70.8 Å². The quantitative estimate of drug-likeness (QED) is 0.396. The van der Waals surface area contributed by atoms with Crippen molar-refractivity contribution < 1.29 is 19.8 Å². The van der Waals surface area contributed by atoms with Gasteiger partial charge in [0.2, 0.25) is 0 Å². The fourth-order valence-electron chi connectivity index (χ4n) is 4.62. The Morgan fingerprint density at radius 1 is 0.636 bits per heavy atom. The number of nitrogens with one attached hydrogen (secondary N) is 1. The molecule has 2 saturated heterocycles. The van der Waals surface area contributed by atoms with Crippen molar-refractivity contribution in [2.45, 2.75) is 18.3 Å². The molecule has 4 rings (SSSR count). The summed E-state index contributed by atoms with van der Waals surface area (Å²) in [6.07, 6.45) is 0.0998. The Morgan fingerprint density at radius 2 is 1.05 bits per heavy atom. The number of alkyl halides is 1. The minimum absolute atomic E-state index is 0.0998. The molecule has 2 aromatic carbocycles. The van der Waals surface area contributed by atoms with Gasteiger partial charge in [0.25, 0.3) is 0 Å². The molecule has 10 nitrogen and oxygen atoms in total. The Bertz CT molecular complexity index is 1060. The highest BCUT2D eigenvalue weighted by molar-refractivity contribution is 9.08. The minimum Gasteiger partial charge on any atom is -0.481 e. The zero-order valence-corrected chi connectivity index (χ0v) is 28.6. The summed E-state index contributed by atoms with van der Waals surface area (Å²) in [7, 11) is 8.69. The lowest BCUT2D eigenvalue weighted by Gasteiger charge is -2.24. The number of carbonyl (C=O) groups is 2. The first-order valence-corrected chi connectivity index (χ1v) is 16.5. The van der Waals surface area contributed by atoms with E-state index in [1.807, 2.05) is 36.4 Å². The molecule has 11 heteroatoms. The predicted molar refractivity (Wildman–Crippen MR) is 182 cm³/mol. The number of aromatic carboxylic acids is 1. The van der Waals surface area contributed by atoms with Crippen LogP contribution in [0, 0.1) is 0 Å². The third-order valence-electron chi connectivity index (χ3n) is 7.80. The molecule has 246 valence electrons. The number of hydrogen-bond donors (Lipinski definition) is 3. The first-order chi connectivity index (χ1) is 21.0. The zero-order valence-electron chi connectivity index (χ0n) is 27.1. The van der Waals surface area contributed by atoms with E-state index in [4.69, 9.17) is 10.2 Å². The molecule has 0 amide bonds. The van der Waals surface area contributed by atoms with E-state index < -0.39 is 11.9 Å². The van der Waals surface area contributed by atoms with Gasteiger partial charge in [-0.25, -0.2) is 4.79 Å². The molecule has 0 atom stereocenters. The lowest BCUT2D eigenvalue weighted by Crippen LogP contribution is -2.34. The lowest BCUT2D eigenvalue weighted by molar-refractivity contribution is -0.136. The Morgan fingerprint density at radius 3 is 1.48 bits per heavy atom. The van der Waals surface area contributed by atoms with Crippen molar-refractivity contribution in [1.82, 2.24) is 29.8 Å². The summed E-state index contributed by atoms with van der Waals surface area (Å²) in [6, 6.07) is 14.7. The summed E-state index contributed by atoms with van der Waals surface area (Å²) >= 11 is 3.32. The van der Waals surface area contributed by atoms with Crippen molar-refractivity contribution in [2.24, 2.45) is 0 Å². The standard InChI is InChI=1S/C16H25N3O2.C9H9BrO2.C8H19N3/c1-17-7-8-18(2)10-12-19(11-9-17)13-14-3-5-15(6-4-14)16(20)21;10-6-8-3-1-7(2-4-8)5-9(11)12;1-10-5-3-9-4-6-11(2)8-7-10/h3-6H,7-13H2,1-2H3,(H,20,21);1-4H,5-6H2,(H,11,12);9H,3-8H2,1-2H3. The molecule has 2 fully saturated rings. The number of carboxylic acid groups (broad SMARTS) is 2. The summed E-state index contributed by atoms with van der Waals surface area (Å²) < 4.78 is 0. The normalized spacial score (nSPS) is 18.5. The third-order valence-corrected chi connectivity index (χ3v) is 8.45. The Hall–Kier alpha value is -2.38. The van der Waals surface area contributed by atoms with E-state index in [9.17, 15) is 9.59 Å². The van der Waals surface area contributed by atoms with Gasteiger partial charge in [-0.2, -0.15) is 0 Å².